The van der Waals surface area contributed by atoms with Gasteiger partial charge in [0.1, 0.15) is 0 Å². The molecule has 8 heteroatoms. The maximum atomic E-state index is 13.0. The maximum absolute atomic E-state index is 13.0. The van der Waals surface area contributed by atoms with E-state index in [1.54, 1.807) is 22.8 Å². The number of carbonyl (C=O) groups is 1. The maximum Gasteiger partial charge on any atom is 0.262 e. The number of amides is 1. The van der Waals surface area contributed by atoms with Gasteiger partial charge in [0.15, 0.2) is 5.16 Å². The molecule has 0 aliphatic carbocycles. The minimum atomic E-state index is -0.0982. The van der Waals surface area contributed by atoms with Crippen LogP contribution in [-0.4, -0.2) is 51.4 Å². The first-order valence-electron chi connectivity index (χ1n) is 9.50. The third kappa shape index (κ3) is 4.88. The molecule has 2 heterocycles. The van der Waals surface area contributed by atoms with Gasteiger partial charge in [-0.2, -0.15) is 0 Å². The number of thioether (sulfide) groups is 1. The van der Waals surface area contributed by atoms with Gasteiger partial charge >= 0.3 is 0 Å². The average molecular weight is 424 g/mol. The van der Waals surface area contributed by atoms with E-state index in [0.717, 1.165) is 0 Å². The van der Waals surface area contributed by atoms with Crippen LogP contribution < -0.4 is 5.56 Å². The van der Waals surface area contributed by atoms with Crippen molar-refractivity contribution in [1.82, 2.24) is 14.5 Å². The van der Waals surface area contributed by atoms with Gasteiger partial charge in [-0.1, -0.05) is 37.2 Å². The molecule has 1 aliphatic heterocycles. The second kappa shape index (κ2) is 8.84. The van der Waals surface area contributed by atoms with E-state index in [2.05, 4.69) is 18.8 Å². The summed E-state index contributed by atoms with van der Waals surface area (Å²) in [4.78, 5) is 32.2. The molecule has 1 aliphatic rings. The third-order valence-corrected chi connectivity index (χ3v) is 5.72. The van der Waals surface area contributed by atoms with Crippen LogP contribution >= 0.6 is 23.4 Å². The van der Waals surface area contributed by atoms with E-state index < -0.39 is 0 Å². The first-order valence-corrected chi connectivity index (χ1v) is 10.9. The number of nitrogens with zero attached hydrogens (tertiary/aromatic N) is 3. The van der Waals surface area contributed by atoms with Crippen LogP contribution in [0.1, 0.15) is 27.7 Å². The molecule has 152 valence electrons. The fourth-order valence-corrected chi connectivity index (χ4v) is 4.49. The van der Waals surface area contributed by atoms with Crippen molar-refractivity contribution in [3.63, 3.8) is 0 Å². The fourth-order valence-electron chi connectivity index (χ4n) is 3.41. The molecule has 1 amide bonds. The van der Waals surface area contributed by atoms with Crippen LogP contribution in [0.3, 0.4) is 0 Å². The molecule has 0 spiro atoms. The Morgan fingerprint density at radius 2 is 2.00 bits per heavy atom. The van der Waals surface area contributed by atoms with Crippen LogP contribution in [0.5, 0.6) is 0 Å². The number of benzene rings is 1. The van der Waals surface area contributed by atoms with E-state index in [1.807, 2.05) is 18.7 Å². The summed E-state index contributed by atoms with van der Waals surface area (Å²) < 4.78 is 7.37. The summed E-state index contributed by atoms with van der Waals surface area (Å²) in [5.74, 6) is 0.541. The Kier molecular flexibility index (Phi) is 6.68. The Morgan fingerprint density at radius 3 is 2.64 bits per heavy atom. The number of carbonyl (C=O) groups excluding carboxylic acids is 1. The van der Waals surface area contributed by atoms with Crippen LogP contribution in [0.2, 0.25) is 5.02 Å². The minimum absolute atomic E-state index is 0.0257. The Labute approximate surface area is 174 Å². The van der Waals surface area contributed by atoms with Crippen LogP contribution in [0.25, 0.3) is 10.9 Å². The highest BCUT2D eigenvalue weighted by atomic mass is 35.5. The van der Waals surface area contributed by atoms with Crippen molar-refractivity contribution in [2.24, 2.45) is 5.92 Å². The summed E-state index contributed by atoms with van der Waals surface area (Å²) in [6.07, 6.45) is 0.0514. The van der Waals surface area contributed by atoms with Crippen molar-refractivity contribution in [3.8, 4) is 0 Å². The summed E-state index contributed by atoms with van der Waals surface area (Å²) in [5.41, 5.74) is 0.458. The van der Waals surface area contributed by atoms with E-state index in [4.69, 9.17) is 16.3 Å². The van der Waals surface area contributed by atoms with Crippen molar-refractivity contribution >= 4 is 40.2 Å². The molecule has 1 saturated heterocycles. The van der Waals surface area contributed by atoms with Gasteiger partial charge in [-0.3, -0.25) is 14.2 Å². The first-order chi connectivity index (χ1) is 13.2. The molecule has 0 bridgehead atoms. The molecular formula is C20H26ClN3O3S. The summed E-state index contributed by atoms with van der Waals surface area (Å²) in [5, 5.41) is 1.62. The molecule has 0 radical (unpaired) electrons. The Morgan fingerprint density at radius 1 is 1.32 bits per heavy atom. The third-order valence-electron chi connectivity index (χ3n) is 4.53. The quantitative estimate of drug-likeness (QED) is 0.544. The van der Waals surface area contributed by atoms with Crippen LogP contribution in [0.15, 0.2) is 28.2 Å². The fraction of sp³-hybridized carbons (Fsp3) is 0.550. The predicted molar refractivity (Wildman–Crippen MR) is 113 cm³/mol. The van der Waals surface area contributed by atoms with Gasteiger partial charge in [0.2, 0.25) is 5.91 Å². The summed E-state index contributed by atoms with van der Waals surface area (Å²) in [6.45, 7) is 9.76. The number of hydrogen-bond acceptors (Lipinski definition) is 5. The summed E-state index contributed by atoms with van der Waals surface area (Å²) in [6, 6.07) is 5.10. The number of aromatic nitrogens is 2. The van der Waals surface area contributed by atoms with Gasteiger partial charge in [0.05, 0.1) is 28.9 Å². The lowest BCUT2D eigenvalue weighted by molar-refractivity contribution is -0.140. The van der Waals surface area contributed by atoms with Crippen molar-refractivity contribution in [1.29, 1.82) is 0 Å². The number of fused-ring (bicyclic) bond motifs is 1. The number of ether oxygens (including phenoxy) is 1. The normalized spacial score (nSPS) is 20.1. The van der Waals surface area contributed by atoms with Crippen LogP contribution in [0, 0.1) is 5.92 Å². The lowest BCUT2D eigenvalue weighted by Crippen LogP contribution is -2.48. The number of rotatable bonds is 5. The number of halogens is 1. The Balaban J connectivity index is 1.86. The Bertz CT molecular complexity index is 921. The monoisotopic (exact) mass is 423 g/mol. The van der Waals surface area contributed by atoms with E-state index in [-0.39, 0.29) is 35.3 Å². The van der Waals surface area contributed by atoms with Crippen molar-refractivity contribution in [3.05, 3.63) is 33.6 Å². The Hall–Kier alpha value is -1.57. The zero-order valence-corrected chi connectivity index (χ0v) is 18.2. The van der Waals surface area contributed by atoms with E-state index in [0.29, 0.717) is 40.7 Å². The van der Waals surface area contributed by atoms with E-state index in [1.165, 1.54) is 11.8 Å². The van der Waals surface area contributed by atoms with Gasteiger partial charge in [-0.25, -0.2) is 4.98 Å². The highest BCUT2D eigenvalue weighted by Crippen LogP contribution is 2.22. The second-order valence-electron chi connectivity index (χ2n) is 7.71. The largest absolute Gasteiger partial charge is 0.372 e. The van der Waals surface area contributed by atoms with Crippen molar-refractivity contribution < 1.29 is 9.53 Å². The molecule has 0 N–H and O–H groups in total. The van der Waals surface area contributed by atoms with Crippen LogP contribution in [-0.2, 0) is 16.1 Å². The highest BCUT2D eigenvalue weighted by Gasteiger charge is 2.26. The molecule has 2 atom stereocenters. The highest BCUT2D eigenvalue weighted by molar-refractivity contribution is 7.99. The van der Waals surface area contributed by atoms with Gasteiger partial charge in [-0.15, -0.1) is 0 Å². The topological polar surface area (TPSA) is 64.4 Å². The van der Waals surface area contributed by atoms with Crippen LogP contribution in [0.4, 0.5) is 0 Å². The predicted octanol–water partition coefficient (Wildman–Crippen LogP) is 3.43. The minimum Gasteiger partial charge on any atom is -0.372 e. The van der Waals surface area contributed by atoms with E-state index in [9.17, 15) is 9.59 Å². The summed E-state index contributed by atoms with van der Waals surface area (Å²) >= 11 is 7.38. The zero-order chi connectivity index (χ0) is 20.4. The van der Waals surface area contributed by atoms with Crippen molar-refractivity contribution in [2.45, 2.75) is 51.6 Å². The molecule has 1 fully saturated rings. The van der Waals surface area contributed by atoms with Gasteiger partial charge in [0.25, 0.3) is 5.56 Å². The molecule has 3 rings (SSSR count). The molecule has 0 unspecified atom stereocenters. The van der Waals surface area contributed by atoms with Gasteiger partial charge < -0.3 is 9.64 Å². The molecular weight excluding hydrogens is 398 g/mol. The first kappa shape index (κ1) is 21.1. The smallest absolute Gasteiger partial charge is 0.262 e. The van der Waals surface area contributed by atoms with Gasteiger partial charge in [0, 0.05) is 24.7 Å². The lowest BCUT2D eigenvalue weighted by atomic mass is 10.2. The zero-order valence-electron chi connectivity index (χ0n) is 16.6. The second-order valence-corrected chi connectivity index (χ2v) is 9.09. The summed E-state index contributed by atoms with van der Waals surface area (Å²) in [7, 11) is 0. The number of morpholine rings is 1. The molecule has 6 nitrogen and oxygen atoms in total. The molecule has 0 saturated carbocycles. The average Bonchev–Trinajstić information content (AvgIpc) is 2.61. The van der Waals surface area contributed by atoms with Gasteiger partial charge in [-0.05, 0) is 38.0 Å². The standard InChI is InChI=1S/C20H26ClN3O3S/c1-12(2)8-24-19(26)16-6-5-15(21)7-17(16)22-20(24)28-11-18(25)23-9-13(3)27-14(4)10-23/h5-7,12-14H,8-11H2,1-4H3/t13-,14-/m1/s1. The lowest BCUT2D eigenvalue weighted by Gasteiger charge is -2.35. The molecule has 28 heavy (non-hydrogen) atoms. The van der Waals surface area contributed by atoms with Crippen molar-refractivity contribution in [2.75, 3.05) is 18.8 Å². The molecule has 1 aromatic carbocycles. The SMILES string of the molecule is CC(C)Cn1c(SCC(=O)N2C[C@@H](C)O[C@H](C)C2)nc2cc(Cl)ccc2c1=O. The molecule has 1 aromatic heterocycles. The van der Waals surface area contributed by atoms with E-state index >= 15 is 0 Å². The number of hydrogen-bond donors (Lipinski definition) is 0. The molecule has 2 aromatic rings.